The predicted molar refractivity (Wildman–Crippen MR) is 88.2 cm³/mol. The number of hydrogen-bond acceptors (Lipinski definition) is 4. The highest BCUT2D eigenvalue weighted by molar-refractivity contribution is 7.89. The summed E-state index contributed by atoms with van der Waals surface area (Å²) in [5, 5.41) is 0.182. The van der Waals surface area contributed by atoms with Crippen LogP contribution in [0.3, 0.4) is 0 Å². The second-order valence-corrected chi connectivity index (χ2v) is 7.96. The number of halogens is 1. The van der Waals surface area contributed by atoms with Crippen molar-refractivity contribution in [3.8, 4) is 0 Å². The minimum Gasteiger partial charge on any atom is -0.389 e. The molecule has 0 bridgehead atoms. The molecule has 0 aliphatic carbocycles. The van der Waals surface area contributed by atoms with E-state index in [9.17, 15) is 8.42 Å². The van der Waals surface area contributed by atoms with Gasteiger partial charge < -0.3 is 10.6 Å². The van der Waals surface area contributed by atoms with Gasteiger partial charge in [-0.15, -0.1) is 0 Å². The average Bonchev–Trinajstić information content (AvgIpc) is 2.41. The van der Waals surface area contributed by atoms with Gasteiger partial charge in [-0.05, 0) is 26.1 Å². The molecule has 1 aliphatic heterocycles. The Balaban J connectivity index is 2.40. The Morgan fingerprint density at radius 1 is 1.43 bits per heavy atom. The van der Waals surface area contributed by atoms with Crippen LogP contribution in [0.25, 0.3) is 0 Å². The van der Waals surface area contributed by atoms with Gasteiger partial charge >= 0.3 is 0 Å². The zero-order chi connectivity index (χ0) is 15.8. The van der Waals surface area contributed by atoms with Crippen molar-refractivity contribution in [2.75, 3.05) is 26.7 Å². The quantitative estimate of drug-likeness (QED) is 0.835. The van der Waals surface area contributed by atoms with E-state index in [1.54, 1.807) is 6.07 Å². The highest BCUT2D eigenvalue weighted by Gasteiger charge is 2.32. The summed E-state index contributed by atoms with van der Waals surface area (Å²) >= 11 is 11.0. The smallest absolute Gasteiger partial charge is 0.244 e. The molecule has 0 spiro atoms. The Kier molecular flexibility index (Phi) is 4.89. The molecule has 0 amide bonds. The fourth-order valence-corrected chi connectivity index (χ4v) is 4.37. The SMILES string of the molecule is CC1CN(S(=O)(=O)c2cc(C(N)=S)ccc2Cl)CCN1C. The summed E-state index contributed by atoms with van der Waals surface area (Å²) in [5.41, 5.74) is 6.06. The Hall–Kier alpha value is -0.730. The summed E-state index contributed by atoms with van der Waals surface area (Å²) in [6.45, 7) is 3.56. The first-order chi connectivity index (χ1) is 9.73. The van der Waals surface area contributed by atoms with Gasteiger partial charge in [-0.2, -0.15) is 4.31 Å². The molecule has 0 aromatic heterocycles. The lowest BCUT2D eigenvalue weighted by atomic mass is 10.2. The van der Waals surface area contributed by atoms with Gasteiger partial charge in [-0.1, -0.05) is 29.9 Å². The Morgan fingerprint density at radius 3 is 2.67 bits per heavy atom. The summed E-state index contributed by atoms with van der Waals surface area (Å²) in [4.78, 5) is 2.33. The van der Waals surface area contributed by atoms with E-state index in [0.717, 1.165) is 0 Å². The number of sulfonamides is 1. The predicted octanol–water partition coefficient (Wildman–Crippen LogP) is 1.30. The van der Waals surface area contributed by atoms with Crippen LogP contribution in [0.4, 0.5) is 0 Å². The van der Waals surface area contributed by atoms with Crippen LogP contribution in [0.1, 0.15) is 12.5 Å². The molecule has 5 nitrogen and oxygen atoms in total. The Labute approximate surface area is 135 Å². The molecule has 2 rings (SSSR count). The first-order valence-corrected chi connectivity index (χ1v) is 8.76. The minimum atomic E-state index is -3.65. The highest BCUT2D eigenvalue weighted by Crippen LogP contribution is 2.27. The third-order valence-electron chi connectivity index (χ3n) is 3.76. The topological polar surface area (TPSA) is 66.6 Å². The third kappa shape index (κ3) is 3.37. The number of nitrogens with two attached hydrogens (primary N) is 1. The molecule has 1 fully saturated rings. The fourth-order valence-electron chi connectivity index (χ4n) is 2.23. The molecule has 116 valence electrons. The first kappa shape index (κ1) is 16.6. The molecule has 1 unspecified atom stereocenters. The van der Waals surface area contributed by atoms with E-state index < -0.39 is 10.0 Å². The van der Waals surface area contributed by atoms with Gasteiger partial charge in [-0.25, -0.2) is 8.42 Å². The van der Waals surface area contributed by atoms with Crippen molar-refractivity contribution < 1.29 is 8.42 Å². The Morgan fingerprint density at radius 2 is 2.10 bits per heavy atom. The molecule has 0 radical (unpaired) electrons. The van der Waals surface area contributed by atoms with Crippen LogP contribution in [0, 0.1) is 0 Å². The Bertz CT molecular complexity index is 663. The van der Waals surface area contributed by atoms with E-state index in [-0.39, 0.29) is 20.9 Å². The maximum absolute atomic E-state index is 12.8. The van der Waals surface area contributed by atoms with Crippen molar-refractivity contribution in [2.45, 2.75) is 17.9 Å². The average molecular weight is 348 g/mol. The molecule has 8 heteroatoms. The van der Waals surface area contributed by atoms with E-state index >= 15 is 0 Å². The molecule has 1 atom stereocenters. The first-order valence-electron chi connectivity index (χ1n) is 6.53. The maximum Gasteiger partial charge on any atom is 0.244 e. The molecule has 1 aromatic rings. The zero-order valence-electron chi connectivity index (χ0n) is 11.9. The zero-order valence-corrected chi connectivity index (χ0v) is 14.3. The van der Waals surface area contributed by atoms with Gasteiger partial charge in [0.15, 0.2) is 0 Å². The molecule has 1 aromatic carbocycles. The van der Waals surface area contributed by atoms with Gasteiger partial charge in [0.05, 0.1) is 5.02 Å². The van der Waals surface area contributed by atoms with Crippen molar-refractivity contribution in [3.05, 3.63) is 28.8 Å². The van der Waals surface area contributed by atoms with E-state index in [1.165, 1.54) is 16.4 Å². The molecule has 1 aliphatic rings. The number of thiocarbonyl (C=S) groups is 1. The normalized spacial score (nSPS) is 21.4. The van der Waals surface area contributed by atoms with Crippen LogP contribution < -0.4 is 5.73 Å². The second-order valence-electron chi connectivity index (χ2n) is 5.20. The van der Waals surface area contributed by atoms with Gasteiger partial charge in [-0.3, -0.25) is 0 Å². The number of benzene rings is 1. The molecular weight excluding hydrogens is 330 g/mol. The summed E-state index contributed by atoms with van der Waals surface area (Å²) in [6, 6.07) is 4.74. The molecular formula is C13H18ClN3O2S2. The summed E-state index contributed by atoms with van der Waals surface area (Å²) in [6.07, 6.45) is 0. The van der Waals surface area contributed by atoms with Crippen molar-refractivity contribution >= 4 is 38.8 Å². The lowest BCUT2D eigenvalue weighted by molar-refractivity contribution is 0.159. The maximum atomic E-state index is 12.8. The summed E-state index contributed by atoms with van der Waals surface area (Å²) in [7, 11) is -1.66. The van der Waals surface area contributed by atoms with Crippen molar-refractivity contribution in [3.63, 3.8) is 0 Å². The monoisotopic (exact) mass is 347 g/mol. The summed E-state index contributed by atoms with van der Waals surface area (Å²) in [5.74, 6) is 0. The number of hydrogen-bond donors (Lipinski definition) is 1. The van der Waals surface area contributed by atoms with E-state index in [1.807, 2.05) is 14.0 Å². The molecule has 21 heavy (non-hydrogen) atoms. The second kappa shape index (κ2) is 6.18. The van der Waals surface area contributed by atoms with Crippen LogP contribution in [0.2, 0.25) is 5.02 Å². The van der Waals surface area contributed by atoms with Crippen LogP contribution >= 0.6 is 23.8 Å². The van der Waals surface area contributed by atoms with E-state index in [0.29, 0.717) is 25.2 Å². The van der Waals surface area contributed by atoms with E-state index in [2.05, 4.69) is 4.90 Å². The number of nitrogens with zero attached hydrogens (tertiary/aromatic N) is 2. The number of likely N-dealkylation sites (N-methyl/N-ethyl adjacent to an activating group) is 1. The van der Waals surface area contributed by atoms with Crippen LogP contribution in [-0.2, 0) is 10.0 Å². The van der Waals surface area contributed by atoms with Crippen LogP contribution in [0.15, 0.2) is 23.1 Å². The highest BCUT2D eigenvalue weighted by atomic mass is 35.5. The van der Waals surface area contributed by atoms with Crippen LogP contribution in [-0.4, -0.2) is 55.3 Å². The molecule has 1 saturated heterocycles. The van der Waals surface area contributed by atoms with Gasteiger partial charge in [0, 0.05) is 31.2 Å². The van der Waals surface area contributed by atoms with Crippen molar-refractivity contribution in [2.24, 2.45) is 5.73 Å². The van der Waals surface area contributed by atoms with Gasteiger partial charge in [0.25, 0.3) is 0 Å². The third-order valence-corrected chi connectivity index (χ3v) is 6.34. The molecule has 2 N–H and O–H groups in total. The molecule has 1 heterocycles. The summed E-state index contributed by atoms with van der Waals surface area (Å²) < 4.78 is 27.0. The molecule has 0 saturated carbocycles. The van der Waals surface area contributed by atoms with Crippen molar-refractivity contribution in [1.29, 1.82) is 0 Å². The van der Waals surface area contributed by atoms with Gasteiger partial charge in [0.2, 0.25) is 10.0 Å². The van der Waals surface area contributed by atoms with E-state index in [4.69, 9.17) is 29.6 Å². The number of piperazine rings is 1. The van der Waals surface area contributed by atoms with Crippen LogP contribution in [0.5, 0.6) is 0 Å². The standard InChI is InChI=1S/C13H18ClN3O2S2/c1-9-8-17(6-5-16(9)2)21(18,19)12-7-10(13(15)20)3-4-11(12)14/h3-4,7,9H,5-6,8H2,1-2H3,(H2,15,20). The lowest BCUT2D eigenvalue weighted by Gasteiger charge is -2.36. The van der Waals surface area contributed by atoms with Gasteiger partial charge in [0.1, 0.15) is 9.88 Å². The largest absolute Gasteiger partial charge is 0.389 e. The lowest BCUT2D eigenvalue weighted by Crippen LogP contribution is -2.51. The number of rotatable bonds is 3. The van der Waals surface area contributed by atoms with Crippen molar-refractivity contribution in [1.82, 2.24) is 9.21 Å². The minimum absolute atomic E-state index is 0.0613. The fraction of sp³-hybridized carbons (Fsp3) is 0.462.